The summed E-state index contributed by atoms with van der Waals surface area (Å²) >= 11 is 0. The van der Waals surface area contributed by atoms with Crippen LogP contribution in [0.3, 0.4) is 0 Å². The number of nitrogens with zero attached hydrogens (tertiary/aromatic N) is 2. The predicted octanol–water partition coefficient (Wildman–Crippen LogP) is 5.11. The highest BCUT2D eigenvalue weighted by Gasteiger charge is 2.20. The molecule has 4 nitrogen and oxygen atoms in total. The Kier molecular flexibility index (Phi) is 5.24. The molecular formula is C23H24FN3O. The number of pyridine rings is 1. The van der Waals surface area contributed by atoms with Gasteiger partial charge in [-0.2, -0.15) is 0 Å². The first-order chi connectivity index (χ1) is 13.7. The van der Waals surface area contributed by atoms with E-state index < -0.39 is 5.82 Å². The first-order valence-corrected chi connectivity index (χ1v) is 9.87. The number of amides is 1. The van der Waals surface area contributed by atoms with Crippen LogP contribution >= 0.6 is 0 Å². The molecule has 0 aliphatic carbocycles. The van der Waals surface area contributed by atoms with Crippen molar-refractivity contribution in [3.63, 3.8) is 0 Å². The van der Waals surface area contributed by atoms with Gasteiger partial charge in [-0.05, 0) is 49.1 Å². The average Bonchev–Trinajstić information content (AvgIpc) is 3.24. The molecule has 28 heavy (non-hydrogen) atoms. The number of hydrogen-bond acceptors (Lipinski definition) is 3. The van der Waals surface area contributed by atoms with Gasteiger partial charge < -0.3 is 10.2 Å². The molecule has 1 saturated heterocycles. The summed E-state index contributed by atoms with van der Waals surface area (Å²) in [4.78, 5) is 19.5. The van der Waals surface area contributed by atoms with Gasteiger partial charge >= 0.3 is 0 Å². The summed E-state index contributed by atoms with van der Waals surface area (Å²) in [6, 6.07) is 16.6. The second-order valence-electron chi connectivity index (χ2n) is 7.25. The number of rotatable bonds is 5. The third-order valence-electron chi connectivity index (χ3n) is 5.36. The first kappa shape index (κ1) is 18.4. The lowest BCUT2D eigenvalue weighted by Crippen LogP contribution is -2.21. The van der Waals surface area contributed by atoms with E-state index in [1.807, 2.05) is 49.4 Å². The zero-order chi connectivity index (χ0) is 19.5. The minimum absolute atomic E-state index is 0.130. The lowest BCUT2D eigenvalue weighted by Gasteiger charge is -2.18. The van der Waals surface area contributed by atoms with E-state index in [4.69, 9.17) is 0 Å². The molecule has 1 fully saturated rings. The van der Waals surface area contributed by atoms with Gasteiger partial charge in [0.25, 0.3) is 0 Å². The molecule has 5 heteroatoms. The van der Waals surface area contributed by atoms with E-state index in [1.165, 1.54) is 6.07 Å². The van der Waals surface area contributed by atoms with Gasteiger partial charge in [-0.3, -0.25) is 4.79 Å². The van der Waals surface area contributed by atoms with Gasteiger partial charge in [0.05, 0.1) is 5.92 Å². The summed E-state index contributed by atoms with van der Waals surface area (Å²) in [5.41, 5.74) is 1.76. The van der Waals surface area contributed by atoms with Crippen molar-refractivity contribution in [1.82, 2.24) is 4.98 Å². The van der Waals surface area contributed by atoms with E-state index in [1.54, 1.807) is 6.07 Å². The maximum absolute atomic E-state index is 14.7. The molecular weight excluding hydrogens is 353 g/mol. The number of nitrogens with one attached hydrogen (secondary N) is 1. The van der Waals surface area contributed by atoms with Crippen LogP contribution in [0.25, 0.3) is 10.9 Å². The number of fused-ring (bicyclic) bond motifs is 1. The van der Waals surface area contributed by atoms with Crippen LogP contribution in [0.15, 0.2) is 54.6 Å². The van der Waals surface area contributed by atoms with E-state index in [-0.39, 0.29) is 11.8 Å². The summed E-state index contributed by atoms with van der Waals surface area (Å²) in [6.45, 7) is 3.90. The van der Waals surface area contributed by atoms with Crippen molar-refractivity contribution < 1.29 is 9.18 Å². The zero-order valence-electron chi connectivity index (χ0n) is 16.0. The summed E-state index contributed by atoms with van der Waals surface area (Å²) < 4.78 is 14.7. The molecule has 3 aromatic rings. The Morgan fingerprint density at radius 1 is 1.14 bits per heavy atom. The molecule has 1 aliphatic heterocycles. The topological polar surface area (TPSA) is 45.2 Å². The quantitative estimate of drug-likeness (QED) is 0.672. The minimum atomic E-state index is -0.415. The van der Waals surface area contributed by atoms with Crippen LogP contribution < -0.4 is 10.2 Å². The molecule has 0 unspecified atom stereocenters. The van der Waals surface area contributed by atoms with Gasteiger partial charge in [-0.1, -0.05) is 37.3 Å². The van der Waals surface area contributed by atoms with E-state index in [9.17, 15) is 9.18 Å². The Labute approximate surface area is 164 Å². The largest absolute Gasteiger partial charge is 0.357 e. The van der Waals surface area contributed by atoms with Crippen molar-refractivity contribution in [1.29, 1.82) is 0 Å². The Bertz CT molecular complexity index is 984. The van der Waals surface area contributed by atoms with Crippen LogP contribution in [0.1, 0.15) is 37.7 Å². The maximum Gasteiger partial charge on any atom is 0.231 e. The number of benzene rings is 2. The fraction of sp³-hybridized carbons (Fsp3) is 0.304. The molecule has 0 bridgehead atoms. The van der Waals surface area contributed by atoms with Crippen molar-refractivity contribution in [2.45, 2.75) is 32.1 Å². The van der Waals surface area contributed by atoms with Gasteiger partial charge in [0, 0.05) is 24.2 Å². The predicted molar refractivity (Wildman–Crippen MR) is 111 cm³/mol. The lowest BCUT2D eigenvalue weighted by molar-refractivity contribution is -0.117. The highest BCUT2D eigenvalue weighted by Crippen LogP contribution is 2.27. The highest BCUT2D eigenvalue weighted by atomic mass is 19.1. The van der Waals surface area contributed by atoms with Crippen LogP contribution in [0, 0.1) is 5.82 Å². The van der Waals surface area contributed by atoms with Crippen LogP contribution in [0.5, 0.6) is 0 Å². The third-order valence-corrected chi connectivity index (χ3v) is 5.36. The van der Waals surface area contributed by atoms with Crippen molar-refractivity contribution in [3.05, 3.63) is 66.0 Å². The second kappa shape index (κ2) is 7.97. The zero-order valence-corrected chi connectivity index (χ0v) is 16.0. The fourth-order valence-electron chi connectivity index (χ4n) is 3.86. The molecule has 2 aromatic carbocycles. The molecule has 144 valence electrons. The number of carbonyl (C=O) groups excluding carboxylic acids is 1. The third kappa shape index (κ3) is 3.70. The lowest BCUT2D eigenvalue weighted by atomic mass is 9.95. The van der Waals surface area contributed by atoms with Crippen LogP contribution in [-0.2, 0) is 4.79 Å². The Hall–Kier alpha value is -2.95. The molecule has 2 heterocycles. The molecule has 0 spiro atoms. The monoisotopic (exact) mass is 377 g/mol. The number of halogens is 1. The molecule has 1 amide bonds. The van der Waals surface area contributed by atoms with Crippen molar-refractivity contribution in [2.75, 3.05) is 23.3 Å². The number of aromatic nitrogens is 1. The van der Waals surface area contributed by atoms with E-state index in [2.05, 4.69) is 15.2 Å². The molecule has 0 saturated carbocycles. The van der Waals surface area contributed by atoms with Gasteiger partial charge in [0.2, 0.25) is 5.91 Å². The van der Waals surface area contributed by atoms with Crippen LogP contribution in [-0.4, -0.2) is 24.0 Å². The fourth-order valence-corrected chi connectivity index (χ4v) is 3.86. The maximum atomic E-state index is 14.7. The standard InChI is InChI=1S/C23H24FN3O/c1-2-19(16-8-4-3-5-9-16)23(28)25-18-14-17-10-11-21(27-12-6-7-13-27)26-22(17)20(24)15-18/h3-5,8-11,14-15,19H,2,6-7,12-13H2,1H3,(H,25,28)/t19-/m1/s1. The van der Waals surface area contributed by atoms with Crippen molar-refractivity contribution in [2.24, 2.45) is 0 Å². The Balaban J connectivity index is 1.58. The summed E-state index contributed by atoms with van der Waals surface area (Å²) in [5, 5.41) is 3.56. The van der Waals surface area contributed by atoms with Crippen LogP contribution in [0.2, 0.25) is 0 Å². The molecule has 1 atom stereocenters. The van der Waals surface area contributed by atoms with Gasteiger partial charge in [0.1, 0.15) is 11.3 Å². The Morgan fingerprint density at radius 2 is 1.89 bits per heavy atom. The van der Waals surface area contributed by atoms with Crippen LogP contribution in [0.4, 0.5) is 15.9 Å². The molecule has 1 N–H and O–H groups in total. The Morgan fingerprint density at radius 3 is 2.61 bits per heavy atom. The highest BCUT2D eigenvalue weighted by molar-refractivity contribution is 5.97. The van der Waals surface area contributed by atoms with Gasteiger partial charge in [0.15, 0.2) is 5.82 Å². The van der Waals surface area contributed by atoms with Crippen molar-refractivity contribution >= 4 is 28.3 Å². The van der Waals surface area contributed by atoms with Crippen molar-refractivity contribution in [3.8, 4) is 0 Å². The first-order valence-electron chi connectivity index (χ1n) is 9.87. The number of anilines is 2. The van der Waals surface area contributed by atoms with E-state index >= 15 is 0 Å². The molecule has 1 aliphatic rings. The second-order valence-corrected chi connectivity index (χ2v) is 7.25. The average molecular weight is 377 g/mol. The molecule has 1 aromatic heterocycles. The number of hydrogen-bond donors (Lipinski definition) is 1. The van der Waals surface area contributed by atoms with E-state index in [0.717, 1.165) is 37.3 Å². The summed E-state index contributed by atoms with van der Waals surface area (Å²) in [5.74, 6) is 0.00198. The minimum Gasteiger partial charge on any atom is -0.357 e. The molecule has 0 radical (unpaired) electrons. The number of carbonyl (C=O) groups is 1. The summed E-state index contributed by atoms with van der Waals surface area (Å²) in [7, 11) is 0. The van der Waals surface area contributed by atoms with E-state index in [0.29, 0.717) is 23.0 Å². The normalized spacial score (nSPS) is 15.0. The molecule has 4 rings (SSSR count). The SMILES string of the molecule is CC[C@@H](C(=O)Nc1cc(F)c2nc(N3CCCC3)ccc2c1)c1ccccc1. The smallest absolute Gasteiger partial charge is 0.231 e. The van der Waals surface area contributed by atoms with Gasteiger partial charge in [-0.25, -0.2) is 9.37 Å². The summed E-state index contributed by atoms with van der Waals surface area (Å²) in [6.07, 6.45) is 2.97. The van der Waals surface area contributed by atoms with Gasteiger partial charge in [-0.15, -0.1) is 0 Å².